The zero-order valence-corrected chi connectivity index (χ0v) is 9.02. The van der Waals surface area contributed by atoms with Crippen LogP contribution in [0.5, 0.6) is 0 Å². The van der Waals surface area contributed by atoms with Gasteiger partial charge in [-0.25, -0.2) is 0 Å². The lowest BCUT2D eigenvalue weighted by Gasteiger charge is -2.25. The van der Waals surface area contributed by atoms with Gasteiger partial charge in [0.1, 0.15) is 0 Å². The SMILES string of the molecule is C=C(C(N)=O)C(C)(C)CCCCC. The van der Waals surface area contributed by atoms with Crippen LogP contribution in [0, 0.1) is 5.41 Å². The lowest BCUT2D eigenvalue weighted by molar-refractivity contribution is -0.115. The Labute approximate surface area is 81.2 Å². The molecular formula is C11H21NO. The van der Waals surface area contributed by atoms with Crippen LogP contribution in [0.1, 0.15) is 46.5 Å². The Morgan fingerprint density at radius 3 is 2.31 bits per heavy atom. The standard InChI is InChI=1S/C11H21NO/c1-5-6-7-8-11(3,4)9(2)10(12)13/h2,5-8H2,1,3-4H3,(H2,12,13). The van der Waals surface area contributed by atoms with Gasteiger partial charge in [-0.15, -0.1) is 0 Å². The van der Waals surface area contributed by atoms with E-state index in [1.807, 2.05) is 13.8 Å². The number of amides is 1. The van der Waals surface area contributed by atoms with Gasteiger partial charge in [-0.1, -0.05) is 46.6 Å². The van der Waals surface area contributed by atoms with E-state index in [0.717, 1.165) is 12.8 Å². The Bertz CT molecular complexity index is 194. The van der Waals surface area contributed by atoms with E-state index in [2.05, 4.69) is 13.5 Å². The summed E-state index contributed by atoms with van der Waals surface area (Å²) in [5.74, 6) is -0.374. The summed E-state index contributed by atoms with van der Waals surface area (Å²) in [6, 6.07) is 0. The highest BCUT2D eigenvalue weighted by Gasteiger charge is 2.24. The van der Waals surface area contributed by atoms with Gasteiger partial charge in [-0.05, 0) is 11.8 Å². The maximum Gasteiger partial charge on any atom is 0.244 e. The van der Waals surface area contributed by atoms with Crippen LogP contribution in [0.15, 0.2) is 12.2 Å². The molecule has 0 aliphatic rings. The van der Waals surface area contributed by atoms with Crippen molar-refractivity contribution < 1.29 is 4.79 Å². The second-order valence-electron chi connectivity index (χ2n) is 4.18. The average Bonchev–Trinajstić information content (AvgIpc) is 2.03. The fourth-order valence-electron chi connectivity index (χ4n) is 1.30. The van der Waals surface area contributed by atoms with Gasteiger partial charge in [0.05, 0.1) is 0 Å². The number of nitrogens with two attached hydrogens (primary N) is 1. The molecule has 0 bridgehead atoms. The number of hydrogen-bond donors (Lipinski definition) is 1. The minimum Gasteiger partial charge on any atom is -0.366 e. The Hall–Kier alpha value is -0.790. The first-order chi connectivity index (χ1) is 5.91. The van der Waals surface area contributed by atoms with E-state index in [-0.39, 0.29) is 11.3 Å². The normalized spacial score (nSPS) is 11.3. The summed E-state index contributed by atoms with van der Waals surface area (Å²) in [4.78, 5) is 10.9. The molecule has 76 valence electrons. The monoisotopic (exact) mass is 183 g/mol. The molecule has 0 saturated carbocycles. The molecule has 2 nitrogen and oxygen atoms in total. The molecule has 0 aliphatic heterocycles. The molecule has 0 spiro atoms. The fraction of sp³-hybridized carbons (Fsp3) is 0.727. The lowest BCUT2D eigenvalue weighted by atomic mass is 9.80. The quantitative estimate of drug-likeness (QED) is 0.499. The van der Waals surface area contributed by atoms with E-state index in [1.54, 1.807) is 0 Å². The van der Waals surface area contributed by atoms with E-state index in [1.165, 1.54) is 12.8 Å². The molecule has 0 unspecified atom stereocenters. The molecular weight excluding hydrogens is 162 g/mol. The van der Waals surface area contributed by atoms with Crippen molar-refractivity contribution in [1.82, 2.24) is 0 Å². The number of rotatable bonds is 6. The van der Waals surface area contributed by atoms with Crippen LogP contribution < -0.4 is 5.73 Å². The van der Waals surface area contributed by atoms with Crippen molar-refractivity contribution >= 4 is 5.91 Å². The Balaban J connectivity index is 4.06. The molecule has 0 aromatic carbocycles. The molecule has 1 amide bonds. The summed E-state index contributed by atoms with van der Waals surface area (Å²) in [6.07, 6.45) is 4.52. The third kappa shape index (κ3) is 4.11. The first-order valence-electron chi connectivity index (χ1n) is 4.91. The van der Waals surface area contributed by atoms with Crippen molar-refractivity contribution in [2.24, 2.45) is 11.1 Å². The van der Waals surface area contributed by atoms with Gasteiger partial charge in [0, 0.05) is 5.57 Å². The van der Waals surface area contributed by atoms with Crippen molar-refractivity contribution in [2.75, 3.05) is 0 Å². The van der Waals surface area contributed by atoms with Crippen LogP contribution in [0.3, 0.4) is 0 Å². The smallest absolute Gasteiger partial charge is 0.244 e. The molecule has 0 atom stereocenters. The number of unbranched alkanes of at least 4 members (excludes halogenated alkanes) is 2. The second-order valence-corrected chi connectivity index (χ2v) is 4.18. The molecule has 0 saturated heterocycles. The van der Waals surface area contributed by atoms with Crippen molar-refractivity contribution in [1.29, 1.82) is 0 Å². The number of carbonyl (C=O) groups excluding carboxylic acids is 1. The number of carbonyl (C=O) groups is 1. The molecule has 0 heterocycles. The molecule has 0 aromatic rings. The number of primary amides is 1. The third-order valence-corrected chi connectivity index (χ3v) is 2.52. The van der Waals surface area contributed by atoms with Gasteiger partial charge in [0.2, 0.25) is 5.91 Å². The lowest BCUT2D eigenvalue weighted by Crippen LogP contribution is -2.25. The summed E-state index contributed by atoms with van der Waals surface area (Å²) in [7, 11) is 0. The van der Waals surface area contributed by atoms with Gasteiger partial charge in [-0.2, -0.15) is 0 Å². The maximum atomic E-state index is 10.9. The van der Waals surface area contributed by atoms with Gasteiger partial charge >= 0.3 is 0 Å². The molecule has 13 heavy (non-hydrogen) atoms. The van der Waals surface area contributed by atoms with Crippen molar-refractivity contribution in [3.63, 3.8) is 0 Å². The molecule has 0 aliphatic carbocycles. The van der Waals surface area contributed by atoms with E-state index in [0.29, 0.717) is 5.57 Å². The van der Waals surface area contributed by atoms with E-state index in [9.17, 15) is 4.79 Å². The molecule has 0 rings (SSSR count). The van der Waals surface area contributed by atoms with Crippen LogP contribution in [0.25, 0.3) is 0 Å². The summed E-state index contributed by atoms with van der Waals surface area (Å²) >= 11 is 0. The highest BCUT2D eigenvalue weighted by molar-refractivity contribution is 5.92. The van der Waals surface area contributed by atoms with Crippen LogP contribution in [-0.2, 0) is 4.79 Å². The average molecular weight is 183 g/mol. The zero-order chi connectivity index (χ0) is 10.5. The molecule has 0 fully saturated rings. The summed E-state index contributed by atoms with van der Waals surface area (Å²) < 4.78 is 0. The van der Waals surface area contributed by atoms with Gasteiger partial charge in [0.25, 0.3) is 0 Å². The first kappa shape index (κ1) is 12.2. The summed E-state index contributed by atoms with van der Waals surface area (Å²) in [5, 5.41) is 0. The van der Waals surface area contributed by atoms with E-state index < -0.39 is 0 Å². The van der Waals surface area contributed by atoms with Gasteiger partial charge in [-0.3, -0.25) is 4.79 Å². The van der Waals surface area contributed by atoms with E-state index >= 15 is 0 Å². The van der Waals surface area contributed by atoms with Crippen molar-refractivity contribution in [3.8, 4) is 0 Å². The summed E-state index contributed by atoms with van der Waals surface area (Å²) in [5.41, 5.74) is 5.59. The topological polar surface area (TPSA) is 43.1 Å². The van der Waals surface area contributed by atoms with Gasteiger partial charge in [0.15, 0.2) is 0 Å². The van der Waals surface area contributed by atoms with Crippen LogP contribution in [-0.4, -0.2) is 5.91 Å². The molecule has 2 N–H and O–H groups in total. The zero-order valence-electron chi connectivity index (χ0n) is 9.02. The van der Waals surface area contributed by atoms with Crippen molar-refractivity contribution in [3.05, 3.63) is 12.2 Å². The van der Waals surface area contributed by atoms with Crippen LogP contribution >= 0.6 is 0 Å². The first-order valence-corrected chi connectivity index (χ1v) is 4.91. The predicted molar refractivity (Wildman–Crippen MR) is 56.3 cm³/mol. The fourth-order valence-corrected chi connectivity index (χ4v) is 1.30. The minimum atomic E-state index is -0.374. The van der Waals surface area contributed by atoms with Gasteiger partial charge < -0.3 is 5.73 Å². The van der Waals surface area contributed by atoms with Crippen LogP contribution in [0.4, 0.5) is 0 Å². The van der Waals surface area contributed by atoms with E-state index in [4.69, 9.17) is 5.73 Å². The van der Waals surface area contributed by atoms with Crippen LogP contribution in [0.2, 0.25) is 0 Å². The predicted octanol–water partition coefficient (Wildman–Crippen LogP) is 2.63. The minimum absolute atomic E-state index is 0.138. The Morgan fingerprint density at radius 1 is 1.38 bits per heavy atom. The molecule has 0 aromatic heterocycles. The summed E-state index contributed by atoms with van der Waals surface area (Å²) in [6.45, 7) is 9.94. The maximum absolute atomic E-state index is 10.9. The number of hydrogen-bond acceptors (Lipinski definition) is 1. The van der Waals surface area contributed by atoms with Crippen molar-refractivity contribution in [2.45, 2.75) is 46.5 Å². The molecule has 0 radical (unpaired) electrons. The Kier molecular flexibility index (Phi) is 4.74. The highest BCUT2D eigenvalue weighted by atomic mass is 16.1. The Morgan fingerprint density at radius 2 is 1.92 bits per heavy atom. The third-order valence-electron chi connectivity index (χ3n) is 2.52. The highest BCUT2D eigenvalue weighted by Crippen LogP contribution is 2.30. The second kappa shape index (κ2) is 5.05. The largest absolute Gasteiger partial charge is 0.366 e. The molecule has 2 heteroatoms.